The van der Waals surface area contributed by atoms with Crippen molar-refractivity contribution in [3.05, 3.63) is 133 Å². The van der Waals surface area contributed by atoms with Gasteiger partial charge < -0.3 is 4.42 Å². The molecule has 0 fully saturated rings. The van der Waals surface area contributed by atoms with Crippen molar-refractivity contribution in [1.29, 1.82) is 0 Å². The maximum Gasteiger partial charge on any atom is 0.227 e. The Kier molecular flexibility index (Phi) is 5.32. The Morgan fingerprint density at radius 3 is 1.70 bits per heavy atom. The lowest BCUT2D eigenvalue weighted by Crippen LogP contribution is -1.83. The van der Waals surface area contributed by atoms with Gasteiger partial charge in [0.2, 0.25) is 5.89 Å². The van der Waals surface area contributed by atoms with Gasteiger partial charge in [-0.2, -0.15) is 0 Å². The van der Waals surface area contributed by atoms with Crippen LogP contribution in [0.5, 0.6) is 0 Å². The number of nitrogens with zero attached hydrogens (tertiary/aromatic N) is 2. The van der Waals surface area contributed by atoms with Crippen LogP contribution in [-0.4, -0.2) is 9.97 Å². The van der Waals surface area contributed by atoms with Crippen molar-refractivity contribution < 1.29 is 4.42 Å². The first-order chi connectivity index (χ1) is 19.8. The first kappa shape index (κ1) is 22.9. The summed E-state index contributed by atoms with van der Waals surface area (Å²) in [6, 6.07) is 46.6. The molecule has 0 amide bonds. The van der Waals surface area contributed by atoms with E-state index in [1.807, 2.05) is 30.3 Å². The summed E-state index contributed by atoms with van der Waals surface area (Å²) in [7, 11) is 0. The van der Waals surface area contributed by atoms with E-state index in [9.17, 15) is 0 Å². The second kappa shape index (κ2) is 9.30. The van der Waals surface area contributed by atoms with Crippen LogP contribution >= 0.6 is 11.3 Å². The molecule has 3 nitrogen and oxygen atoms in total. The van der Waals surface area contributed by atoms with Crippen LogP contribution < -0.4 is 0 Å². The molecule has 0 saturated carbocycles. The van der Waals surface area contributed by atoms with Crippen LogP contribution in [0.1, 0.15) is 0 Å². The Morgan fingerprint density at radius 1 is 0.450 bits per heavy atom. The Balaban J connectivity index is 1.08. The molecule has 0 aliphatic heterocycles. The lowest BCUT2D eigenvalue weighted by Gasteiger charge is -2.08. The molecule has 2 heterocycles. The number of hydrogen-bond donors (Lipinski definition) is 0. The minimum atomic E-state index is 0.644. The third-order valence-corrected chi connectivity index (χ3v) is 8.44. The molecule has 40 heavy (non-hydrogen) atoms. The van der Waals surface area contributed by atoms with Gasteiger partial charge >= 0.3 is 0 Å². The van der Waals surface area contributed by atoms with Crippen LogP contribution in [0.4, 0.5) is 0 Å². The second-order valence-electron chi connectivity index (χ2n) is 9.90. The Labute approximate surface area is 235 Å². The quantitative estimate of drug-likeness (QED) is 0.227. The van der Waals surface area contributed by atoms with E-state index in [-0.39, 0.29) is 0 Å². The summed E-state index contributed by atoms with van der Waals surface area (Å²) < 4.78 is 7.16. The number of oxazole rings is 1. The van der Waals surface area contributed by atoms with Gasteiger partial charge in [0.25, 0.3) is 0 Å². The Bertz CT molecular complexity index is 1940. The number of fused-ring (bicyclic) bond motifs is 3. The first-order valence-corrected chi connectivity index (χ1v) is 14.1. The van der Waals surface area contributed by atoms with E-state index in [1.54, 1.807) is 11.3 Å². The highest BCUT2D eigenvalue weighted by molar-refractivity contribution is 7.21. The van der Waals surface area contributed by atoms with Crippen LogP contribution in [0, 0.1) is 0 Å². The minimum absolute atomic E-state index is 0.644. The zero-order chi connectivity index (χ0) is 26.5. The fourth-order valence-electron chi connectivity index (χ4n) is 5.21. The van der Waals surface area contributed by atoms with Gasteiger partial charge in [0.1, 0.15) is 10.5 Å². The van der Waals surface area contributed by atoms with Gasteiger partial charge in [-0.25, -0.2) is 9.97 Å². The summed E-state index contributed by atoms with van der Waals surface area (Å²) in [5.41, 5.74) is 9.58. The standard InChI is InChI=1S/C36H22N2OS/c1-3-7-33-31(5-1)37-35(39-33)26-15-9-23(10-16-26)28-19-13-25-14-20-29(22-30(25)21-28)24-11-17-27(18-12-24)36-38-32-6-2-4-8-34(32)40-36/h1-22H. The molecule has 0 bridgehead atoms. The molecule has 8 aromatic rings. The topological polar surface area (TPSA) is 38.9 Å². The van der Waals surface area contributed by atoms with E-state index in [4.69, 9.17) is 9.40 Å². The Morgan fingerprint density at radius 2 is 1.02 bits per heavy atom. The van der Waals surface area contributed by atoms with E-state index in [2.05, 4.69) is 108 Å². The summed E-state index contributed by atoms with van der Waals surface area (Å²) >= 11 is 1.73. The van der Waals surface area contributed by atoms with E-state index < -0.39 is 0 Å². The van der Waals surface area contributed by atoms with Crippen LogP contribution in [0.3, 0.4) is 0 Å². The lowest BCUT2D eigenvalue weighted by molar-refractivity contribution is 0.620. The number of para-hydroxylation sites is 3. The fourth-order valence-corrected chi connectivity index (χ4v) is 6.18. The zero-order valence-electron chi connectivity index (χ0n) is 21.4. The average molecular weight is 531 g/mol. The number of benzene rings is 6. The van der Waals surface area contributed by atoms with Gasteiger partial charge in [-0.15, -0.1) is 11.3 Å². The van der Waals surface area contributed by atoms with Crippen molar-refractivity contribution in [2.24, 2.45) is 0 Å². The third kappa shape index (κ3) is 4.06. The molecule has 8 rings (SSSR count). The van der Waals surface area contributed by atoms with Crippen molar-refractivity contribution in [1.82, 2.24) is 9.97 Å². The number of hydrogen-bond acceptors (Lipinski definition) is 4. The van der Waals surface area contributed by atoms with Crippen molar-refractivity contribution >= 4 is 43.4 Å². The highest BCUT2D eigenvalue weighted by atomic mass is 32.1. The molecule has 4 heteroatoms. The predicted molar refractivity (Wildman–Crippen MR) is 166 cm³/mol. The van der Waals surface area contributed by atoms with Crippen molar-refractivity contribution in [3.63, 3.8) is 0 Å². The smallest absolute Gasteiger partial charge is 0.227 e. The molecule has 0 spiro atoms. The summed E-state index contributed by atoms with van der Waals surface area (Å²) in [5.74, 6) is 0.644. The highest BCUT2D eigenvalue weighted by Crippen LogP contribution is 2.33. The van der Waals surface area contributed by atoms with Crippen molar-refractivity contribution in [2.75, 3.05) is 0 Å². The number of thiazole rings is 1. The molecule has 0 radical (unpaired) electrons. The van der Waals surface area contributed by atoms with Crippen LogP contribution in [-0.2, 0) is 0 Å². The number of aromatic nitrogens is 2. The molecule has 0 unspecified atom stereocenters. The summed E-state index contributed by atoms with van der Waals surface area (Å²) in [6.45, 7) is 0. The first-order valence-electron chi connectivity index (χ1n) is 13.2. The van der Waals surface area contributed by atoms with Gasteiger partial charge in [-0.3, -0.25) is 0 Å². The molecule has 6 aromatic carbocycles. The average Bonchev–Trinajstić information content (AvgIpc) is 3.66. The summed E-state index contributed by atoms with van der Waals surface area (Å²) in [6.07, 6.45) is 0. The largest absolute Gasteiger partial charge is 0.436 e. The molecule has 0 aliphatic carbocycles. The van der Waals surface area contributed by atoms with Crippen LogP contribution in [0.15, 0.2) is 138 Å². The lowest BCUT2D eigenvalue weighted by atomic mass is 9.97. The van der Waals surface area contributed by atoms with Gasteiger partial charge in [-0.05, 0) is 81.6 Å². The SMILES string of the molecule is c1ccc2oc(-c3ccc(-c4ccc5ccc(-c6ccc(-c7nc8ccccc8s7)cc6)cc5c4)cc3)nc2c1. The van der Waals surface area contributed by atoms with Gasteiger partial charge in [0, 0.05) is 11.1 Å². The molecule has 2 aromatic heterocycles. The molecule has 0 aliphatic rings. The van der Waals surface area contributed by atoms with Crippen molar-refractivity contribution in [2.45, 2.75) is 0 Å². The van der Waals surface area contributed by atoms with E-state index in [1.165, 1.54) is 32.2 Å². The molecular formula is C36H22N2OS. The summed E-state index contributed by atoms with van der Waals surface area (Å²) in [4.78, 5) is 9.43. The highest BCUT2D eigenvalue weighted by Gasteiger charge is 2.10. The molecule has 0 saturated heterocycles. The monoisotopic (exact) mass is 530 g/mol. The van der Waals surface area contributed by atoms with Gasteiger partial charge in [-0.1, -0.05) is 84.9 Å². The molecular weight excluding hydrogens is 508 g/mol. The van der Waals surface area contributed by atoms with Gasteiger partial charge in [0.15, 0.2) is 5.58 Å². The normalized spacial score (nSPS) is 11.5. The van der Waals surface area contributed by atoms with E-state index in [0.717, 1.165) is 38.3 Å². The van der Waals surface area contributed by atoms with Gasteiger partial charge in [0.05, 0.1) is 10.2 Å². The summed E-state index contributed by atoms with van der Waals surface area (Å²) in [5, 5.41) is 3.49. The Hall–Kier alpha value is -5.06. The molecule has 0 atom stereocenters. The maximum atomic E-state index is 5.94. The predicted octanol–water partition coefficient (Wildman–Crippen LogP) is 10.3. The molecule has 188 valence electrons. The fraction of sp³-hybridized carbons (Fsp3) is 0. The molecule has 0 N–H and O–H groups in total. The second-order valence-corrected chi connectivity index (χ2v) is 10.9. The van der Waals surface area contributed by atoms with E-state index in [0.29, 0.717) is 5.89 Å². The van der Waals surface area contributed by atoms with Crippen LogP contribution in [0.25, 0.3) is 76.4 Å². The minimum Gasteiger partial charge on any atom is -0.436 e. The maximum absolute atomic E-state index is 5.94. The van der Waals surface area contributed by atoms with Crippen LogP contribution in [0.2, 0.25) is 0 Å². The van der Waals surface area contributed by atoms with E-state index >= 15 is 0 Å². The zero-order valence-corrected chi connectivity index (χ0v) is 22.2. The van der Waals surface area contributed by atoms with Crippen molar-refractivity contribution in [3.8, 4) is 44.3 Å². The third-order valence-electron chi connectivity index (χ3n) is 7.36. The number of rotatable bonds is 4.